The Hall–Kier alpha value is -1.85. The first-order valence-electron chi connectivity index (χ1n) is 5.38. The first-order valence-corrected chi connectivity index (χ1v) is 5.38. The Balaban J connectivity index is 1.85. The molecule has 2 aromatic rings. The normalized spacial score (nSPS) is 16.2. The van der Waals surface area contributed by atoms with Crippen LogP contribution >= 0.6 is 0 Å². The lowest BCUT2D eigenvalue weighted by Gasteiger charge is -2.08. The average molecular weight is 229 g/mol. The number of rotatable bonds is 2. The van der Waals surface area contributed by atoms with Crippen LogP contribution in [0.1, 0.15) is 12.0 Å². The molecule has 0 saturated carbocycles. The summed E-state index contributed by atoms with van der Waals surface area (Å²) in [6.07, 6.45) is 6.47. The van der Waals surface area contributed by atoms with Crippen molar-refractivity contribution in [3.8, 4) is 11.1 Å². The van der Waals surface area contributed by atoms with Crippen molar-refractivity contribution in [1.82, 2.24) is 15.0 Å². The minimum Gasteiger partial charge on any atom is -0.345 e. The standard InChI is InChI=1S/C12H11N3O2/c1-2-11(12-16-3-4-17-12)15-7-9(1)10-5-13-8-14-6-10/h1-2,5-8,12H,3-4H2. The van der Waals surface area contributed by atoms with Crippen LogP contribution in [0.3, 0.4) is 0 Å². The molecular formula is C12H11N3O2. The van der Waals surface area contributed by atoms with E-state index in [1.54, 1.807) is 18.6 Å². The lowest BCUT2D eigenvalue weighted by atomic mass is 10.1. The highest BCUT2D eigenvalue weighted by molar-refractivity contribution is 5.60. The van der Waals surface area contributed by atoms with E-state index in [-0.39, 0.29) is 6.29 Å². The molecule has 86 valence electrons. The van der Waals surface area contributed by atoms with Gasteiger partial charge in [0.05, 0.1) is 18.9 Å². The summed E-state index contributed by atoms with van der Waals surface area (Å²) in [7, 11) is 0. The van der Waals surface area contributed by atoms with Crippen LogP contribution in [0.4, 0.5) is 0 Å². The molecular weight excluding hydrogens is 218 g/mol. The predicted molar refractivity (Wildman–Crippen MR) is 59.9 cm³/mol. The fraction of sp³-hybridized carbons (Fsp3) is 0.250. The Morgan fingerprint density at radius 2 is 1.71 bits per heavy atom. The van der Waals surface area contributed by atoms with E-state index in [0.717, 1.165) is 16.8 Å². The van der Waals surface area contributed by atoms with Crippen molar-refractivity contribution in [2.45, 2.75) is 6.29 Å². The van der Waals surface area contributed by atoms with E-state index >= 15 is 0 Å². The van der Waals surface area contributed by atoms with Gasteiger partial charge in [0, 0.05) is 29.7 Å². The number of pyridine rings is 1. The van der Waals surface area contributed by atoms with Crippen LogP contribution in [-0.4, -0.2) is 28.2 Å². The highest BCUT2D eigenvalue weighted by atomic mass is 16.7. The lowest BCUT2D eigenvalue weighted by molar-refractivity contribution is -0.0472. The van der Waals surface area contributed by atoms with Gasteiger partial charge >= 0.3 is 0 Å². The van der Waals surface area contributed by atoms with Crippen molar-refractivity contribution >= 4 is 0 Å². The van der Waals surface area contributed by atoms with E-state index in [1.807, 2.05) is 12.1 Å². The maximum atomic E-state index is 5.38. The van der Waals surface area contributed by atoms with Gasteiger partial charge in [-0.05, 0) is 6.07 Å². The van der Waals surface area contributed by atoms with Crippen LogP contribution < -0.4 is 0 Å². The van der Waals surface area contributed by atoms with Gasteiger partial charge in [0.2, 0.25) is 6.29 Å². The molecule has 0 aromatic carbocycles. The van der Waals surface area contributed by atoms with Crippen LogP contribution in [0.25, 0.3) is 11.1 Å². The van der Waals surface area contributed by atoms with E-state index in [0.29, 0.717) is 13.2 Å². The molecule has 0 atom stereocenters. The summed E-state index contributed by atoms with van der Waals surface area (Å²) in [5, 5.41) is 0. The van der Waals surface area contributed by atoms with Crippen LogP contribution in [0.5, 0.6) is 0 Å². The highest BCUT2D eigenvalue weighted by Gasteiger charge is 2.19. The van der Waals surface area contributed by atoms with E-state index in [4.69, 9.17) is 9.47 Å². The largest absolute Gasteiger partial charge is 0.345 e. The number of hydrogen-bond acceptors (Lipinski definition) is 5. The minimum absolute atomic E-state index is 0.323. The number of aromatic nitrogens is 3. The van der Waals surface area contributed by atoms with Crippen molar-refractivity contribution in [2.75, 3.05) is 13.2 Å². The van der Waals surface area contributed by atoms with Gasteiger partial charge in [-0.3, -0.25) is 4.98 Å². The molecule has 1 saturated heterocycles. The summed E-state index contributed by atoms with van der Waals surface area (Å²) in [6, 6.07) is 3.87. The molecule has 2 aromatic heterocycles. The number of ether oxygens (including phenoxy) is 2. The molecule has 3 heterocycles. The molecule has 5 nitrogen and oxygen atoms in total. The van der Waals surface area contributed by atoms with E-state index in [2.05, 4.69) is 15.0 Å². The molecule has 1 aliphatic heterocycles. The molecule has 0 N–H and O–H groups in total. The van der Waals surface area contributed by atoms with Crippen molar-refractivity contribution < 1.29 is 9.47 Å². The molecule has 0 unspecified atom stereocenters. The van der Waals surface area contributed by atoms with Crippen LogP contribution in [0, 0.1) is 0 Å². The molecule has 3 rings (SSSR count). The van der Waals surface area contributed by atoms with Crippen molar-refractivity contribution in [2.24, 2.45) is 0 Å². The molecule has 0 radical (unpaired) electrons. The van der Waals surface area contributed by atoms with Gasteiger partial charge in [0.25, 0.3) is 0 Å². The Labute approximate surface area is 98.5 Å². The maximum absolute atomic E-state index is 5.38. The van der Waals surface area contributed by atoms with Crippen molar-refractivity contribution in [3.63, 3.8) is 0 Å². The van der Waals surface area contributed by atoms with Gasteiger partial charge in [-0.25, -0.2) is 9.97 Å². The van der Waals surface area contributed by atoms with Crippen LogP contribution in [0.2, 0.25) is 0 Å². The molecule has 0 amide bonds. The minimum atomic E-state index is -0.323. The Kier molecular flexibility index (Phi) is 2.77. The molecule has 17 heavy (non-hydrogen) atoms. The smallest absolute Gasteiger partial charge is 0.201 e. The topological polar surface area (TPSA) is 57.1 Å². The molecule has 0 bridgehead atoms. The van der Waals surface area contributed by atoms with Gasteiger partial charge in [-0.15, -0.1) is 0 Å². The molecule has 0 aliphatic carbocycles. The zero-order valence-corrected chi connectivity index (χ0v) is 9.11. The lowest BCUT2D eigenvalue weighted by Crippen LogP contribution is -2.00. The summed E-state index contributed by atoms with van der Waals surface area (Å²) >= 11 is 0. The quantitative estimate of drug-likeness (QED) is 0.782. The van der Waals surface area contributed by atoms with Crippen LogP contribution in [0.15, 0.2) is 37.1 Å². The number of hydrogen-bond donors (Lipinski definition) is 0. The van der Waals surface area contributed by atoms with Gasteiger partial charge in [0.15, 0.2) is 0 Å². The summed E-state index contributed by atoms with van der Waals surface area (Å²) < 4.78 is 10.8. The first kappa shape index (κ1) is 10.3. The first-order chi connectivity index (χ1) is 8.43. The second-order valence-electron chi connectivity index (χ2n) is 3.67. The monoisotopic (exact) mass is 229 g/mol. The zero-order valence-electron chi connectivity index (χ0n) is 9.11. The SMILES string of the molecule is c1ncc(-c2ccc(C3OCCO3)nc2)cn1. The molecule has 0 spiro atoms. The zero-order chi connectivity index (χ0) is 11.5. The third kappa shape index (κ3) is 2.15. The molecule has 1 aliphatic rings. The third-order valence-corrected chi connectivity index (χ3v) is 2.54. The van der Waals surface area contributed by atoms with Gasteiger partial charge in [-0.2, -0.15) is 0 Å². The third-order valence-electron chi connectivity index (χ3n) is 2.54. The molecule has 1 fully saturated rings. The summed E-state index contributed by atoms with van der Waals surface area (Å²) in [6.45, 7) is 1.25. The average Bonchev–Trinajstić information content (AvgIpc) is 2.94. The summed E-state index contributed by atoms with van der Waals surface area (Å²) in [5.41, 5.74) is 2.72. The molecule has 5 heteroatoms. The Bertz CT molecular complexity index is 481. The second-order valence-corrected chi connectivity index (χ2v) is 3.67. The maximum Gasteiger partial charge on any atom is 0.201 e. The Morgan fingerprint density at radius 3 is 2.35 bits per heavy atom. The van der Waals surface area contributed by atoms with Gasteiger partial charge in [-0.1, -0.05) is 6.07 Å². The predicted octanol–water partition coefficient (Wildman–Crippen LogP) is 1.58. The van der Waals surface area contributed by atoms with E-state index < -0.39 is 0 Å². The van der Waals surface area contributed by atoms with Crippen molar-refractivity contribution in [1.29, 1.82) is 0 Å². The van der Waals surface area contributed by atoms with Crippen LogP contribution in [-0.2, 0) is 9.47 Å². The fourth-order valence-corrected chi connectivity index (χ4v) is 1.69. The van der Waals surface area contributed by atoms with Gasteiger partial charge < -0.3 is 9.47 Å². The van der Waals surface area contributed by atoms with E-state index in [1.165, 1.54) is 6.33 Å². The number of nitrogens with zero attached hydrogens (tertiary/aromatic N) is 3. The highest BCUT2D eigenvalue weighted by Crippen LogP contribution is 2.23. The van der Waals surface area contributed by atoms with Gasteiger partial charge in [0.1, 0.15) is 6.33 Å². The summed E-state index contributed by atoms with van der Waals surface area (Å²) in [4.78, 5) is 12.3. The fourth-order valence-electron chi connectivity index (χ4n) is 1.69. The van der Waals surface area contributed by atoms with Crippen molar-refractivity contribution in [3.05, 3.63) is 42.7 Å². The Morgan fingerprint density at radius 1 is 0.941 bits per heavy atom. The second kappa shape index (κ2) is 4.57. The summed E-state index contributed by atoms with van der Waals surface area (Å²) in [5.74, 6) is 0. The van der Waals surface area contributed by atoms with E-state index in [9.17, 15) is 0 Å².